The molecule has 2 atom stereocenters. The average molecular weight is 265 g/mol. The molecule has 0 aromatic heterocycles. The van der Waals surface area contributed by atoms with Crippen molar-refractivity contribution in [3.05, 3.63) is 35.9 Å². The third kappa shape index (κ3) is 4.06. The molecule has 1 N–H and O–H groups in total. The van der Waals surface area contributed by atoms with Gasteiger partial charge in [-0.3, -0.25) is 4.79 Å². The molecule has 19 heavy (non-hydrogen) atoms. The summed E-state index contributed by atoms with van der Waals surface area (Å²) in [4.78, 5) is 24.6. The molecule has 2 unspecified atom stereocenters. The number of carboxylic acid groups (broad SMARTS) is 1. The van der Waals surface area contributed by atoms with Crippen LogP contribution >= 0.6 is 0 Å². The fraction of sp³-hybridized carbons (Fsp3) is 0.429. The van der Waals surface area contributed by atoms with Crippen molar-refractivity contribution in [1.29, 1.82) is 0 Å². The van der Waals surface area contributed by atoms with Crippen LogP contribution in [0.3, 0.4) is 0 Å². The second-order valence-electron chi connectivity index (χ2n) is 4.34. The first-order valence-electron chi connectivity index (χ1n) is 6.07. The minimum absolute atomic E-state index is 0.251. The number of methoxy groups -OCH3 is 1. The van der Waals surface area contributed by atoms with Crippen molar-refractivity contribution in [2.45, 2.75) is 32.5 Å². The Bertz CT molecular complexity index is 432. The lowest BCUT2D eigenvalue weighted by Crippen LogP contribution is -2.47. The molecule has 0 aliphatic carbocycles. The number of rotatable bonds is 6. The summed E-state index contributed by atoms with van der Waals surface area (Å²) in [6, 6.07) is 8.38. The van der Waals surface area contributed by atoms with Crippen LogP contribution in [-0.4, -0.2) is 41.1 Å². The molecule has 0 spiro atoms. The van der Waals surface area contributed by atoms with Crippen LogP contribution in [0.1, 0.15) is 19.4 Å². The van der Waals surface area contributed by atoms with Crippen molar-refractivity contribution in [1.82, 2.24) is 4.90 Å². The molecule has 0 aliphatic rings. The van der Waals surface area contributed by atoms with Gasteiger partial charge in [0.2, 0.25) is 0 Å². The van der Waals surface area contributed by atoms with Gasteiger partial charge in [0.05, 0.1) is 0 Å². The molecule has 0 saturated heterocycles. The number of nitrogens with zero attached hydrogens (tertiary/aromatic N) is 1. The maximum atomic E-state index is 12.2. The normalized spacial score (nSPS) is 13.6. The van der Waals surface area contributed by atoms with E-state index in [1.807, 2.05) is 30.3 Å². The number of ether oxygens (including phenoxy) is 1. The molecule has 0 saturated carbocycles. The Kier molecular flexibility index (Phi) is 5.51. The van der Waals surface area contributed by atoms with E-state index in [0.29, 0.717) is 0 Å². The van der Waals surface area contributed by atoms with Gasteiger partial charge in [-0.05, 0) is 19.4 Å². The number of aliphatic carboxylic acids is 1. The molecular formula is C14H19NO4. The SMILES string of the molecule is COC(C)C(=O)N(Cc1ccccc1)C(C)C(=O)O. The third-order valence-corrected chi connectivity index (χ3v) is 3.01. The first kappa shape index (κ1) is 15.2. The Labute approximate surface area is 112 Å². The predicted octanol–water partition coefficient (Wildman–Crippen LogP) is 1.52. The van der Waals surface area contributed by atoms with Gasteiger partial charge in [-0.25, -0.2) is 4.79 Å². The lowest BCUT2D eigenvalue weighted by atomic mass is 10.1. The molecule has 104 valence electrons. The second kappa shape index (κ2) is 6.89. The lowest BCUT2D eigenvalue weighted by Gasteiger charge is -2.28. The first-order chi connectivity index (χ1) is 8.97. The van der Waals surface area contributed by atoms with Crippen LogP contribution in [0.2, 0.25) is 0 Å². The van der Waals surface area contributed by atoms with Crippen LogP contribution in [0.4, 0.5) is 0 Å². The Hall–Kier alpha value is -1.88. The molecule has 1 rings (SSSR count). The molecule has 0 radical (unpaired) electrons. The molecule has 5 heteroatoms. The quantitative estimate of drug-likeness (QED) is 0.847. The van der Waals surface area contributed by atoms with Crippen LogP contribution < -0.4 is 0 Å². The summed E-state index contributed by atoms with van der Waals surface area (Å²) in [5.41, 5.74) is 0.882. The monoisotopic (exact) mass is 265 g/mol. The summed E-state index contributed by atoms with van der Waals surface area (Å²) in [6.07, 6.45) is -0.662. The molecular weight excluding hydrogens is 246 g/mol. The van der Waals surface area contributed by atoms with E-state index in [2.05, 4.69) is 0 Å². The summed E-state index contributed by atoms with van der Waals surface area (Å²) in [5.74, 6) is -1.37. The summed E-state index contributed by atoms with van der Waals surface area (Å²) in [7, 11) is 1.43. The Morgan fingerprint density at radius 2 is 1.84 bits per heavy atom. The highest BCUT2D eigenvalue weighted by atomic mass is 16.5. The largest absolute Gasteiger partial charge is 0.480 e. The average Bonchev–Trinajstić information content (AvgIpc) is 2.43. The van der Waals surface area contributed by atoms with Crippen LogP contribution in [0.25, 0.3) is 0 Å². The highest BCUT2D eigenvalue weighted by Gasteiger charge is 2.28. The van der Waals surface area contributed by atoms with Crippen LogP contribution in [-0.2, 0) is 20.9 Å². The smallest absolute Gasteiger partial charge is 0.326 e. The van der Waals surface area contributed by atoms with Gasteiger partial charge in [-0.2, -0.15) is 0 Å². The highest BCUT2D eigenvalue weighted by Crippen LogP contribution is 2.11. The molecule has 1 aromatic carbocycles. The summed E-state index contributed by atoms with van der Waals surface area (Å²) in [5, 5.41) is 9.10. The van der Waals surface area contributed by atoms with E-state index >= 15 is 0 Å². The Balaban J connectivity index is 2.93. The number of carbonyl (C=O) groups excluding carboxylic acids is 1. The van der Waals surface area contributed by atoms with E-state index in [4.69, 9.17) is 9.84 Å². The zero-order valence-electron chi connectivity index (χ0n) is 11.4. The van der Waals surface area contributed by atoms with Gasteiger partial charge in [0, 0.05) is 13.7 Å². The molecule has 1 amide bonds. The summed E-state index contributed by atoms with van der Waals surface area (Å²) >= 11 is 0. The van der Waals surface area contributed by atoms with E-state index in [-0.39, 0.29) is 12.5 Å². The third-order valence-electron chi connectivity index (χ3n) is 3.01. The topological polar surface area (TPSA) is 66.8 Å². The van der Waals surface area contributed by atoms with E-state index < -0.39 is 18.1 Å². The maximum Gasteiger partial charge on any atom is 0.326 e. The number of carboxylic acids is 1. The van der Waals surface area contributed by atoms with E-state index in [9.17, 15) is 9.59 Å². The number of amides is 1. The van der Waals surface area contributed by atoms with E-state index in [1.165, 1.54) is 18.9 Å². The number of benzene rings is 1. The van der Waals surface area contributed by atoms with Crippen LogP contribution in [0.15, 0.2) is 30.3 Å². The summed E-state index contributed by atoms with van der Waals surface area (Å²) in [6.45, 7) is 3.35. The molecule has 1 aromatic rings. The van der Waals surface area contributed by atoms with Crippen molar-refractivity contribution in [2.24, 2.45) is 0 Å². The molecule has 0 heterocycles. The van der Waals surface area contributed by atoms with Crippen molar-refractivity contribution < 1.29 is 19.4 Å². The van der Waals surface area contributed by atoms with Gasteiger partial charge in [0.15, 0.2) is 0 Å². The van der Waals surface area contributed by atoms with Gasteiger partial charge in [-0.1, -0.05) is 30.3 Å². The van der Waals surface area contributed by atoms with Crippen LogP contribution in [0, 0.1) is 0 Å². The van der Waals surface area contributed by atoms with Gasteiger partial charge >= 0.3 is 5.97 Å². The fourth-order valence-electron chi connectivity index (χ4n) is 1.65. The molecule has 0 bridgehead atoms. The zero-order chi connectivity index (χ0) is 14.4. The second-order valence-corrected chi connectivity index (χ2v) is 4.34. The van der Waals surface area contributed by atoms with Crippen molar-refractivity contribution >= 4 is 11.9 Å². The molecule has 0 fully saturated rings. The van der Waals surface area contributed by atoms with Gasteiger partial charge < -0.3 is 14.7 Å². The van der Waals surface area contributed by atoms with Gasteiger partial charge in [-0.15, -0.1) is 0 Å². The van der Waals surface area contributed by atoms with Crippen molar-refractivity contribution in [3.8, 4) is 0 Å². The standard InChI is InChI=1S/C14H19NO4/c1-10(14(17)18)15(13(16)11(2)19-3)9-12-7-5-4-6-8-12/h4-8,10-11H,9H2,1-3H3,(H,17,18). The minimum atomic E-state index is -1.03. The summed E-state index contributed by atoms with van der Waals surface area (Å²) < 4.78 is 4.98. The van der Waals surface area contributed by atoms with E-state index in [0.717, 1.165) is 5.56 Å². The zero-order valence-corrected chi connectivity index (χ0v) is 11.4. The minimum Gasteiger partial charge on any atom is -0.480 e. The van der Waals surface area contributed by atoms with Crippen LogP contribution in [0.5, 0.6) is 0 Å². The number of carbonyl (C=O) groups is 2. The maximum absolute atomic E-state index is 12.2. The molecule has 0 aliphatic heterocycles. The van der Waals surface area contributed by atoms with Gasteiger partial charge in [0.25, 0.3) is 5.91 Å². The number of hydrogen-bond donors (Lipinski definition) is 1. The predicted molar refractivity (Wildman–Crippen MR) is 70.6 cm³/mol. The van der Waals surface area contributed by atoms with Gasteiger partial charge in [0.1, 0.15) is 12.1 Å². The lowest BCUT2D eigenvalue weighted by molar-refractivity contribution is -0.154. The highest BCUT2D eigenvalue weighted by molar-refractivity contribution is 5.86. The Morgan fingerprint density at radius 1 is 1.26 bits per heavy atom. The Morgan fingerprint density at radius 3 is 2.32 bits per heavy atom. The number of hydrogen-bond acceptors (Lipinski definition) is 3. The van der Waals surface area contributed by atoms with Crippen molar-refractivity contribution in [2.75, 3.05) is 7.11 Å². The van der Waals surface area contributed by atoms with Crippen molar-refractivity contribution in [3.63, 3.8) is 0 Å². The molecule has 5 nitrogen and oxygen atoms in total. The first-order valence-corrected chi connectivity index (χ1v) is 6.07. The fourth-order valence-corrected chi connectivity index (χ4v) is 1.65. The van der Waals surface area contributed by atoms with E-state index in [1.54, 1.807) is 6.92 Å².